The number of carbonyl (C=O) groups is 2. The highest BCUT2D eigenvalue weighted by molar-refractivity contribution is 7.81. The number of carbonyl (C=O) groups excluding carboxylic acids is 2. The molecule has 184 valence electrons. The number of amides is 2. The van der Waals surface area contributed by atoms with E-state index in [-0.39, 0.29) is 21.5 Å². The summed E-state index contributed by atoms with van der Waals surface area (Å²) in [6.07, 6.45) is 1.38. The Bertz CT molecular complexity index is 1600. The third-order valence-corrected chi connectivity index (χ3v) is 7.39. The zero-order valence-corrected chi connectivity index (χ0v) is 22.5. The van der Waals surface area contributed by atoms with E-state index in [9.17, 15) is 9.59 Å². The summed E-state index contributed by atoms with van der Waals surface area (Å²) in [5, 5.41) is 1.32. The third kappa shape index (κ3) is 4.91. The van der Waals surface area contributed by atoms with E-state index < -0.39 is 11.8 Å². The van der Waals surface area contributed by atoms with Crippen LogP contribution in [0.4, 0.5) is 11.4 Å². The molecule has 1 saturated heterocycles. The summed E-state index contributed by atoms with van der Waals surface area (Å²) >= 11 is 30.0. The van der Waals surface area contributed by atoms with E-state index in [0.29, 0.717) is 37.8 Å². The molecule has 0 saturated carbocycles. The van der Waals surface area contributed by atoms with Gasteiger partial charge in [0.15, 0.2) is 5.11 Å². The maximum atomic E-state index is 13.7. The van der Waals surface area contributed by atoms with Crippen molar-refractivity contribution in [3.05, 3.63) is 110 Å². The number of hydrogen-bond donors (Lipinski definition) is 0. The average molecular weight is 588 g/mol. The van der Waals surface area contributed by atoms with Gasteiger partial charge in [-0.05, 0) is 79.0 Å². The van der Waals surface area contributed by atoms with Gasteiger partial charge in [0.25, 0.3) is 11.8 Å². The standard InChI is InChI=1S/C27H14Cl4N2O3S/c28-20-9-6-15(12-22(20)30)24-11-8-18(36-24)14-19-25(34)32(16-4-2-1-3-5-16)27(37)33(26(19)35)17-7-10-21(29)23(31)13-17/h1-14H/b19-14-. The van der Waals surface area contributed by atoms with Gasteiger partial charge in [-0.25, -0.2) is 0 Å². The lowest BCUT2D eigenvalue weighted by Gasteiger charge is -2.36. The summed E-state index contributed by atoms with van der Waals surface area (Å²) in [4.78, 5) is 29.8. The highest BCUT2D eigenvalue weighted by Crippen LogP contribution is 2.34. The maximum Gasteiger partial charge on any atom is 0.270 e. The van der Waals surface area contributed by atoms with Gasteiger partial charge in [0, 0.05) is 5.56 Å². The summed E-state index contributed by atoms with van der Waals surface area (Å²) in [6, 6.07) is 21.9. The monoisotopic (exact) mass is 586 g/mol. The molecule has 0 atom stereocenters. The van der Waals surface area contributed by atoms with Gasteiger partial charge < -0.3 is 4.42 Å². The van der Waals surface area contributed by atoms with Gasteiger partial charge in [0.2, 0.25) is 0 Å². The second-order valence-corrected chi connectivity index (χ2v) is 9.88. The van der Waals surface area contributed by atoms with Crippen LogP contribution in [0.3, 0.4) is 0 Å². The van der Waals surface area contributed by atoms with Crippen molar-refractivity contribution < 1.29 is 14.0 Å². The summed E-state index contributed by atoms with van der Waals surface area (Å²) in [7, 11) is 0. The molecule has 0 spiro atoms. The summed E-state index contributed by atoms with van der Waals surface area (Å²) in [5.41, 5.74) is 1.39. The first-order valence-electron chi connectivity index (χ1n) is 10.7. The van der Waals surface area contributed by atoms with E-state index in [4.69, 9.17) is 63.0 Å². The minimum absolute atomic E-state index is 0.0207. The van der Waals surface area contributed by atoms with Gasteiger partial charge in [-0.2, -0.15) is 0 Å². The Labute approximate surface area is 237 Å². The fourth-order valence-electron chi connectivity index (χ4n) is 3.76. The predicted octanol–water partition coefficient (Wildman–Crippen LogP) is 8.31. The minimum atomic E-state index is -0.631. The normalized spacial score (nSPS) is 15.1. The van der Waals surface area contributed by atoms with E-state index in [1.807, 2.05) is 6.07 Å². The molecule has 37 heavy (non-hydrogen) atoms. The van der Waals surface area contributed by atoms with Gasteiger partial charge in [0.05, 0.1) is 31.5 Å². The van der Waals surface area contributed by atoms with Crippen LogP contribution in [0.1, 0.15) is 5.76 Å². The molecule has 0 unspecified atom stereocenters. The molecule has 1 aliphatic heterocycles. The first-order chi connectivity index (χ1) is 17.7. The summed E-state index contributed by atoms with van der Waals surface area (Å²) in [6.45, 7) is 0. The molecule has 0 bridgehead atoms. The number of hydrogen-bond acceptors (Lipinski definition) is 4. The molecule has 2 amide bonds. The second kappa shape index (κ2) is 10.3. The number of para-hydroxylation sites is 1. The van der Waals surface area contributed by atoms with Crippen molar-refractivity contribution in [1.82, 2.24) is 0 Å². The average Bonchev–Trinajstić information content (AvgIpc) is 3.35. The fourth-order valence-corrected chi connectivity index (χ4v) is 4.73. The molecule has 0 radical (unpaired) electrons. The zero-order valence-electron chi connectivity index (χ0n) is 18.6. The highest BCUT2D eigenvalue weighted by Gasteiger charge is 2.41. The molecular weight excluding hydrogens is 574 g/mol. The molecule has 10 heteroatoms. The summed E-state index contributed by atoms with van der Waals surface area (Å²) in [5.74, 6) is -0.455. The smallest absolute Gasteiger partial charge is 0.270 e. The Kier molecular flexibility index (Phi) is 7.12. The molecule has 0 aliphatic carbocycles. The van der Waals surface area contributed by atoms with Crippen LogP contribution in [0.5, 0.6) is 0 Å². The first-order valence-corrected chi connectivity index (χ1v) is 12.7. The van der Waals surface area contributed by atoms with Crippen LogP contribution in [0.25, 0.3) is 17.4 Å². The van der Waals surface area contributed by atoms with Crippen molar-refractivity contribution >= 4 is 93.0 Å². The summed E-state index contributed by atoms with van der Waals surface area (Å²) < 4.78 is 5.92. The lowest BCUT2D eigenvalue weighted by Crippen LogP contribution is -2.56. The van der Waals surface area contributed by atoms with Crippen molar-refractivity contribution in [2.75, 3.05) is 9.80 Å². The van der Waals surface area contributed by atoms with Gasteiger partial charge in [-0.1, -0.05) is 64.6 Å². The van der Waals surface area contributed by atoms with Crippen molar-refractivity contribution in [2.45, 2.75) is 0 Å². The molecule has 1 aliphatic rings. The van der Waals surface area contributed by atoms with E-state index in [0.717, 1.165) is 0 Å². The van der Waals surface area contributed by atoms with Crippen molar-refractivity contribution in [2.24, 2.45) is 0 Å². The van der Waals surface area contributed by atoms with E-state index in [1.165, 1.54) is 21.9 Å². The van der Waals surface area contributed by atoms with Crippen LogP contribution >= 0.6 is 58.6 Å². The Morgan fingerprint density at radius 3 is 1.95 bits per heavy atom. The van der Waals surface area contributed by atoms with Crippen LogP contribution in [0, 0.1) is 0 Å². The zero-order chi connectivity index (χ0) is 26.3. The Morgan fingerprint density at radius 1 is 0.676 bits per heavy atom. The number of furan rings is 1. The lowest BCUT2D eigenvalue weighted by molar-refractivity contribution is -0.120. The van der Waals surface area contributed by atoms with E-state index in [1.54, 1.807) is 66.7 Å². The Hall–Kier alpha value is -3.13. The Balaban J connectivity index is 1.60. The van der Waals surface area contributed by atoms with Gasteiger partial charge >= 0.3 is 0 Å². The van der Waals surface area contributed by atoms with Gasteiger partial charge in [-0.3, -0.25) is 19.4 Å². The highest BCUT2D eigenvalue weighted by atomic mass is 35.5. The van der Waals surface area contributed by atoms with Gasteiger partial charge in [-0.15, -0.1) is 0 Å². The van der Waals surface area contributed by atoms with Crippen LogP contribution in [-0.4, -0.2) is 16.9 Å². The van der Waals surface area contributed by atoms with Crippen molar-refractivity contribution in [1.29, 1.82) is 0 Å². The molecule has 1 aromatic heterocycles. The van der Waals surface area contributed by atoms with Gasteiger partial charge in [0.1, 0.15) is 17.1 Å². The lowest BCUT2D eigenvalue weighted by atomic mass is 10.1. The van der Waals surface area contributed by atoms with Crippen LogP contribution in [0.2, 0.25) is 20.1 Å². The number of nitrogens with zero attached hydrogens (tertiary/aromatic N) is 2. The molecule has 5 nitrogen and oxygen atoms in total. The topological polar surface area (TPSA) is 53.8 Å². The second-order valence-electron chi connectivity index (χ2n) is 7.89. The molecular formula is C27H14Cl4N2O3S. The fraction of sp³-hybridized carbons (Fsp3) is 0. The predicted molar refractivity (Wildman–Crippen MR) is 153 cm³/mol. The quantitative estimate of drug-likeness (QED) is 0.137. The number of benzene rings is 3. The molecule has 5 rings (SSSR count). The maximum absolute atomic E-state index is 13.7. The minimum Gasteiger partial charge on any atom is -0.457 e. The Morgan fingerprint density at radius 2 is 1.30 bits per heavy atom. The number of thiocarbonyl (C=S) groups is 1. The van der Waals surface area contributed by atoms with Crippen LogP contribution < -0.4 is 9.80 Å². The van der Waals surface area contributed by atoms with Crippen LogP contribution in [-0.2, 0) is 9.59 Å². The SMILES string of the molecule is O=C1/C(=C/c2ccc(-c3ccc(Cl)c(Cl)c3)o2)C(=O)N(c2ccc(Cl)c(Cl)c2)C(=S)N1c1ccccc1. The van der Waals surface area contributed by atoms with Crippen molar-refractivity contribution in [3.63, 3.8) is 0 Å². The number of halogens is 4. The van der Waals surface area contributed by atoms with E-state index in [2.05, 4.69) is 0 Å². The molecule has 1 fully saturated rings. The van der Waals surface area contributed by atoms with E-state index >= 15 is 0 Å². The van der Waals surface area contributed by atoms with Crippen LogP contribution in [0.15, 0.2) is 88.9 Å². The first kappa shape index (κ1) is 25.5. The third-order valence-electron chi connectivity index (χ3n) is 5.54. The largest absolute Gasteiger partial charge is 0.457 e. The molecule has 4 aromatic rings. The van der Waals surface area contributed by atoms with Crippen molar-refractivity contribution in [3.8, 4) is 11.3 Å². The molecule has 0 N–H and O–H groups in total. The molecule has 2 heterocycles. The number of anilines is 2. The molecule has 3 aromatic carbocycles. The number of rotatable bonds is 4.